The van der Waals surface area contributed by atoms with Gasteiger partial charge in [-0.05, 0) is 38.1 Å². The van der Waals surface area contributed by atoms with Gasteiger partial charge in [0.05, 0.1) is 18.8 Å². The molecule has 0 spiro atoms. The van der Waals surface area contributed by atoms with Crippen LogP contribution in [-0.4, -0.2) is 30.9 Å². The summed E-state index contributed by atoms with van der Waals surface area (Å²) in [4.78, 5) is 34.3. The molecule has 0 aliphatic carbocycles. The number of carbonyl (C=O) groups is 3. The zero-order valence-electron chi connectivity index (χ0n) is 13.4. The molecular weight excluding hydrogens is 298 g/mol. The maximum absolute atomic E-state index is 12.0. The third kappa shape index (κ3) is 7.92. The lowest BCUT2D eigenvalue weighted by atomic mass is 10.1. The van der Waals surface area contributed by atoms with Crippen molar-refractivity contribution < 1.29 is 23.9 Å². The van der Waals surface area contributed by atoms with Crippen LogP contribution in [0.1, 0.15) is 37.0 Å². The molecule has 1 N–H and O–H groups in total. The summed E-state index contributed by atoms with van der Waals surface area (Å²) >= 11 is 0. The maximum atomic E-state index is 12.0. The quantitative estimate of drug-likeness (QED) is 0.236. The van der Waals surface area contributed by atoms with Crippen molar-refractivity contribution in [2.24, 2.45) is 0 Å². The first kappa shape index (κ1) is 18.6. The monoisotopic (exact) mass is 319 g/mol. The largest absolute Gasteiger partial charge is 0.473 e. The Morgan fingerprint density at radius 3 is 2.35 bits per heavy atom. The van der Waals surface area contributed by atoms with Crippen LogP contribution in [0.25, 0.3) is 0 Å². The first-order valence-electron chi connectivity index (χ1n) is 7.17. The maximum Gasteiger partial charge on any atom is 0.231 e. The van der Waals surface area contributed by atoms with Gasteiger partial charge in [-0.25, -0.2) is 0 Å². The summed E-state index contributed by atoms with van der Waals surface area (Å²) in [6.07, 6.45) is 0.0693. The van der Waals surface area contributed by atoms with Gasteiger partial charge in [0.15, 0.2) is 12.6 Å². The van der Waals surface area contributed by atoms with E-state index in [1.807, 2.05) is 0 Å². The number of nitrogens with one attached hydrogen (secondary N) is 1. The van der Waals surface area contributed by atoms with Crippen LogP contribution in [0.3, 0.4) is 0 Å². The normalized spacial score (nSPS) is 10.0. The standard InChI is InChI=1S/C17H21NO5/c1-12(2)23-11-22-9-8-16(20)14-4-6-15(7-5-14)18-17(21)10-13(3)19/h4-7H,1,8-11H2,2-3H3,(H,18,21). The first-order valence-corrected chi connectivity index (χ1v) is 7.17. The zero-order valence-corrected chi connectivity index (χ0v) is 13.4. The second kappa shape index (κ2) is 9.53. The number of carbonyl (C=O) groups excluding carboxylic acids is 3. The minimum absolute atomic E-state index is 0.0677. The number of ketones is 2. The summed E-state index contributed by atoms with van der Waals surface area (Å²) in [6.45, 7) is 6.95. The number of amides is 1. The van der Waals surface area contributed by atoms with E-state index in [1.54, 1.807) is 31.2 Å². The number of allylic oxidation sites excluding steroid dienone is 1. The van der Waals surface area contributed by atoms with Gasteiger partial charge in [-0.1, -0.05) is 6.58 Å². The Bertz CT molecular complexity index is 577. The number of hydrogen-bond acceptors (Lipinski definition) is 5. The van der Waals surface area contributed by atoms with Crippen LogP contribution in [0, 0.1) is 0 Å². The molecule has 0 aliphatic heterocycles. The van der Waals surface area contributed by atoms with Crippen molar-refractivity contribution in [1.29, 1.82) is 0 Å². The first-order chi connectivity index (χ1) is 10.9. The molecule has 0 radical (unpaired) electrons. The molecule has 0 heterocycles. The van der Waals surface area contributed by atoms with Crippen LogP contribution in [0.4, 0.5) is 5.69 Å². The molecule has 124 valence electrons. The van der Waals surface area contributed by atoms with Gasteiger partial charge in [-0.15, -0.1) is 0 Å². The van der Waals surface area contributed by atoms with Crippen LogP contribution in [0.15, 0.2) is 36.6 Å². The van der Waals surface area contributed by atoms with Gasteiger partial charge in [0.2, 0.25) is 5.91 Å². The lowest BCUT2D eigenvalue weighted by Crippen LogP contribution is -2.14. The van der Waals surface area contributed by atoms with Crippen molar-refractivity contribution in [2.75, 3.05) is 18.7 Å². The third-order valence-corrected chi connectivity index (χ3v) is 2.76. The topological polar surface area (TPSA) is 81.7 Å². The molecule has 0 bridgehead atoms. The van der Waals surface area contributed by atoms with Gasteiger partial charge in [0.25, 0.3) is 0 Å². The molecule has 1 aromatic carbocycles. The molecule has 6 nitrogen and oxygen atoms in total. The highest BCUT2D eigenvalue weighted by Gasteiger charge is 2.08. The molecule has 6 heteroatoms. The Balaban J connectivity index is 2.40. The van der Waals surface area contributed by atoms with Gasteiger partial charge in [0.1, 0.15) is 5.78 Å². The molecule has 0 saturated carbocycles. The van der Waals surface area contributed by atoms with E-state index in [9.17, 15) is 14.4 Å². The Morgan fingerprint density at radius 2 is 1.78 bits per heavy atom. The molecule has 0 unspecified atom stereocenters. The molecule has 0 aromatic heterocycles. The van der Waals surface area contributed by atoms with Gasteiger partial charge in [-0.2, -0.15) is 0 Å². The average Bonchev–Trinajstić information content (AvgIpc) is 2.46. The second-order valence-electron chi connectivity index (χ2n) is 5.05. The van der Waals surface area contributed by atoms with E-state index in [-0.39, 0.29) is 43.7 Å². The fourth-order valence-electron chi connectivity index (χ4n) is 1.68. The SMILES string of the molecule is C=C(C)OCOCCC(=O)c1ccc(NC(=O)CC(C)=O)cc1. The third-order valence-electron chi connectivity index (χ3n) is 2.76. The molecule has 0 atom stereocenters. The lowest BCUT2D eigenvalue weighted by Gasteiger charge is -2.07. The van der Waals surface area contributed by atoms with Gasteiger partial charge >= 0.3 is 0 Å². The second-order valence-corrected chi connectivity index (χ2v) is 5.05. The van der Waals surface area contributed by atoms with E-state index >= 15 is 0 Å². The fraction of sp³-hybridized carbons (Fsp3) is 0.353. The highest BCUT2D eigenvalue weighted by atomic mass is 16.7. The van der Waals surface area contributed by atoms with Crippen molar-refractivity contribution in [3.05, 3.63) is 42.2 Å². The summed E-state index contributed by atoms with van der Waals surface area (Å²) in [5.41, 5.74) is 1.07. The Labute approximate surface area is 135 Å². The van der Waals surface area contributed by atoms with E-state index in [1.165, 1.54) is 6.92 Å². The van der Waals surface area contributed by atoms with Crippen LogP contribution < -0.4 is 5.32 Å². The molecule has 0 fully saturated rings. The minimum atomic E-state index is -0.373. The van der Waals surface area contributed by atoms with Crippen molar-refractivity contribution >= 4 is 23.2 Å². The number of rotatable bonds is 10. The Kier molecular flexibility index (Phi) is 7.70. The predicted molar refractivity (Wildman–Crippen MR) is 86.0 cm³/mol. The average molecular weight is 319 g/mol. The molecule has 23 heavy (non-hydrogen) atoms. The van der Waals surface area contributed by atoms with E-state index in [2.05, 4.69) is 11.9 Å². The molecule has 1 rings (SSSR count). The van der Waals surface area contributed by atoms with Gasteiger partial charge in [-0.3, -0.25) is 14.4 Å². The fourth-order valence-corrected chi connectivity index (χ4v) is 1.68. The summed E-state index contributed by atoms with van der Waals surface area (Å²) in [5, 5.41) is 2.59. The predicted octanol–water partition coefficient (Wildman–Crippen LogP) is 2.70. The van der Waals surface area contributed by atoms with Crippen molar-refractivity contribution in [1.82, 2.24) is 0 Å². The van der Waals surface area contributed by atoms with Crippen molar-refractivity contribution in [3.8, 4) is 0 Å². The number of hydrogen-bond donors (Lipinski definition) is 1. The highest BCUT2D eigenvalue weighted by Crippen LogP contribution is 2.12. The minimum Gasteiger partial charge on any atom is -0.473 e. The lowest BCUT2D eigenvalue weighted by molar-refractivity contribution is -0.124. The van der Waals surface area contributed by atoms with E-state index in [0.29, 0.717) is 17.0 Å². The van der Waals surface area contributed by atoms with Crippen molar-refractivity contribution in [2.45, 2.75) is 26.7 Å². The van der Waals surface area contributed by atoms with E-state index in [0.717, 1.165) is 0 Å². The number of benzene rings is 1. The molecule has 0 saturated heterocycles. The smallest absolute Gasteiger partial charge is 0.231 e. The van der Waals surface area contributed by atoms with Crippen LogP contribution in [-0.2, 0) is 19.1 Å². The number of anilines is 1. The van der Waals surface area contributed by atoms with Crippen LogP contribution in [0.2, 0.25) is 0 Å². The Morgan fingerprint density at radius 1 is 1.13 bits per heavy atom. The van der Waals surface area contributed by atoms with Gasteiger partial charge in [0, 0.05) is 17.7 Å². The van der Waals surface area contributed by atoms with Crippen molar-refractivity contribution in [3.63, 3.8) is 0 Å². The molecule has 1 aromatic rings. The van der Waals surface area contributed by atoms with E-state index in [4.69, 9.17) is 9.47 Å². The summed E-state index contributed by atoms with van der Waals surface area (Å²) in [5.74, 6) is -0.0897. The van der Waals surface area contributed by atoms with Crippen LogP contribution >= 0.6 is 0 Å². The molecule has 0 aliphatic rings. The molecular formula is C17H21NO5. The summed E-state index contributed by atoms with van der Waals surface area (Å²) in [6, 6.07) is 6.48. The van der Waals surface area contributed by atoms with E-state index < -0.39 is 0 Å². The van der Waals surface area contributed by atoms with Gasteiger partial charge < -0.3 is 14.8 Å². The summed E-state index contributed by atoms with van der Waals surface area (Å²) in [7, 11) is 0. The number of ether oxygens (including phenoxy) is 2. The number of Topliss-reactive ketones (excluding diaryl/α,β-unsaturated/α-hetero) is 2. The Hall–Kier alpha value is -2.47. The van der Waals surface area contributed by atoms with Crippen LogP contribution in [0.5, 0.6) is 0 Å². The molecule has 1 amide bonds. The highest BCUT2D eigenvalue weighted by molar-refractivity contribution is 6.03. The zero-order chi connectivity index (χ0) is 17.2. The summed E-state index contributed by atoms with van der Waals surface area (Å²) < 4.78 is 10.2.